The number of rotatable bonds is 4. The number of methoxy groups -OCH3 is 1. The molecule has 0 unspecified atom stereocenters. The monoisotopic (exact) mass is 410 g/mol. The zero-order chi connectivity index (χ0) is 21.4. The van der Waals surface area contributed by atoms with Crippen molar-refractivity contribution in [2.75, 3.05) is 7.11 Å². The van der Waals surface area contributed by atoms with Gasteiger partial charge in [-0.25, -0.2) is 4.98 Å². The first-order valence-electron chi connectivity index (χ1n) is 9.73. The van der Waals surface area contributed by atoms with Crippen LogP contribution >= 0.6 is 0 Å². The molecule has 0 atom stereocenters. The fraction of sp³-hybridized carbons (Fsp3) is 0.0833. The van der Waals surface area contributed by atoms with E-state index in [4.69, 9.17) is 4.74 Å². The Morgan fingerprint density at radius 1 is 0.839 bits per heavy atom. The molecule has 5 aromatic rings. The molecule has 0 saturated heterocycles. The van der Waals surface area contributed by atoms with Gasteiger partial charge in [0.25, 0.3) is 11.1 Å². The summed E-state index contributed by atoms with van der Waals surface area (Å²) < 4.78 is 8.32. The molecule has 0 aliphatic carbocycles. The first-order chi connectivity index (χ1) is 15.1. The van der Waals surface area contributed by atoms with Crippen LogP contribution in [0.4, 0.5) is 0 Å². The summed E-state index contributed by atoms with van der Waals surface area (Å²) in [6.45, 7) is 0.410. The van der Waals surface area contributed by atoms with Crippen molar-refractivity contribution in [1.82, 2.24) is 19.1 Å². The van der Waals surface area contributed by atoms with E-state index in [0.29, 0.717) is 34.0 Å². The smallest absolute Gasteiger partial charge is 0.264 e. The second-order valence-electron chi connectivity index (χ2n) is 7.15. The molecule has 4 heterocycles. The standard InChI is InChI=1S/C24H18N4O3/c1-31-18-4-2-16(3-5-18)15-27-12-8-21-19(23(27)29)14-20-22(26-21)9-13-28(24(20)30)17-6-10-25-11-7-17/h2-14H,15H2,1H3. The summed E-state index contributed by atoms with van der Waals surface area (Å²) in [6, 6.07) is 16.3. The Hall–Kier alpha value is -4.26. The molecule has 152 valence electrons. The van der Waals surface area contributed by atoms with Gasteiger partial charge in [0, 0.05) is 24.8 Å². The number of fused-ring (bicyclic) bond motifs is 2. The predicted octanol–water partition coefficient (Wildman–Crippen LogP) is 3.15. The Labute approximate surface area is 176 Å². The van der Waals surface area contributed by atoms with Gasteiger partial charge in [-0.1, -0.05) is 12.1 Å². The summed E-state index contributed by atoms with van der Waals surface area (Å²) in [7, 11) is 1.61. The third-order valence-electron chi connectivity index (χ3n) is 5.27. The lowest BCUT2D eigenvalue weighted by Crippen LogP contribution is -2.22. The molecule has 7 heteroatoms. The van der Waals surface area contributed by atoms with Crippen LogP contribution < -0.4 is 15.9 Å². The molecular formula is C24H18N4O3. The largest absolute Gasteiger partial charge is 0.497 e. The topological polar surface area (TPSA) is 79.0 Å². The molecule has 0 radical (unpaired) electrons. The van der Waals surface area contributed by atoms with Gasteiger partial charge in [0.2, 0.25) is 0 Å². The average molecular weight is 410 g/mol. The summed E-state index contributed by atoms with van der Waals surface area (Å²) in [5.41, 5.74) is 2.35. The van der Waals surface area contributed by atoms with Crippen molar-refractivity contribution >= 4 is 21.8 Å². The number of hydrogen-bond donors (Lipinski definition) is 0. The lowest BCUT2D eigenvalue weighted by atomic mass is 10.1. The molecule has 0 saturated carbocycles. The van der Waals surface area contributed by atoms with E-state index >= 15 is 0 Å². The Morgan fingerprint density at radius 2 is 1.52 bits per heavy atom. The first-order valence-corrected chi connectivity index (χ1v) is 9.73. The fourth-order valence-corrected chi connectivity index (χ4v) is 3.62. The van der Waals surface area contributed by atoms with Crippen molar-refractivity contribution in [3.8, 4) is 11.4 Å². The summed E-state index contributed by atoms with van der Waals surface area (Å²) in [5.74, 6) is 0.760. The zero-order valence-corrected chi connectivity index (χ0v) is 16.7. The van der Waals surface area contributed by atoms with Crippen LogP contribution in [0, 0.1) is 0 Å². The van der Waals surface area contributed by atoms with E-state index in [1.807, 2.05) is 24.3 Å². The van der Waals surface area contributed by atoms with E-state index in [9.17, 15) is 9.59 Å². The third kappa shape index (κ3) is 3.36. The molecule has 31 heavy (non-hydrogen) atoms. The molecule has 4 aromatic heterocycles. The normalized spacial score (nSPS) is 11.1. The van der Waals surface area contributed by atoms with Crippen molar-refractivity contribution in [2.45, 2.75) is 6.54 Å². The van der Waals surface area contributed by atoms with Gasteiger partial charge >= 0.3 is 0 Å². The van der Waals surface area contributed by atoms with Gasteiger partial charge in [-0.2, -0.15) is 0 Å². The van der Waals surface area contributed by atoms with Gasteiger partial charge in [0.15, 0.2) is 0 Å². The molecule has 0 N–H and O–H groups in total. The number of ether oxygens (including phenoxy) is 1. The van der Waals surface area contributed by atoms with Gasteiger partial charge < -0.3 is 9.30 Å². The van der Waals surface area contributed by atoms with E-state index in [1.54, 1.807) is 66.8 Å². The highest BCUT2D eigenvalue weighted by Crippen LogP contribution is 2.17. The van der Waals surface area contributed by atoms with E-state index in [1.165, 1.54) is 4.57 Å². The van der Waals surface area contributed by atoms with Crippen LogP contribution in [0.15, 0.2) is 89.0 Å². The van der Waals surface area contributed by atoms with Gasteiger partial charge in [0.1, 0.15) is 5.75 Å². The van der Waals surface area contributed by atoms with Crippen molar-refractivity contribution in [3.63, 3.8) is 0 Å². The maximum atomic E-state index is 13.1. The predicted molar refractivity (Wildman–Crippen MR) is 119 cm³/mol. The summed E-state index contributed by atoms with van der Waals surface area (Å²) >= 11 is 0. The lowest BCUT2D eigenvalue weighted by molar-refractivity contribution is 0.414. The number of nitrogens with zero attached hydrogens (tertiary/aromatic N) is 4. The molecule has 1 aromatic carbocycles. The van der Waals surface area contributed by atoms with Crippen LogP contribution in [0.25, 0.3) is 27.5 Å². The van der Waals surface area contributed by atoms with E-state index in [0.717, 1.165) is 11.3 Å². The average Bonchev–Trinajstić information content (AvgIpc) is 2.81. The molecule has 0 spiro atoms. The third-order valence-corrected chi connectivity index (χ3v) is 5.27. The van der Waals surface area contributed by atoms with Gasteiger partial charge in [-0.05, 0) is 48.0 Å². The van der Waals surface area contributed by atoms with Crippen molar-refractivity contribution < 1.29 is 4.74 Å². The maximum Gasteiger partial charge on any atom is 0.264 e. The summed E-state index contributed by atoms with van der Waals surface area (Å²) in [4.78, 5) is 34.8. The van der Waals surface area contributed by atoms with Crippen molar-refractivity contribution in [2.24, 2.45) is 0 Å². The van der Waals surface area contributed by atoms with Crippen LogP contribution in [0.1, 0.15) is 5.56 Å². The molecule has 5 rings (SSSR count). The molecule has 0 fully saturated rings. The SMILES string of the molecule is COc1ccc(Cn2ccc3nc4ccn(-c5ccncc5)c(=O)c4cc3c2=O)cc1. The molecule has 7 nitrogen and oxygen atoms in total. The molecule has 0 bridgehead atoms. The van der Waals surface area contributed by atoms with Crippen LogP contribution in [0.2, 0.25) is 0 Å². The second-order valence-corrected chi connectivity index (χ2v) is 7.15. The van der Waals surface area contributed by atoms with E-state index < -0.39 is 0 Å². The van der Waals surface area contributed by atoms with E-state index in [-0.39, 0.29) is 11.1 Å². The zero-order valence-electron chi connectivity index (χ0n) is 16.7. The fourth-order valence-electron chi connectivity index (χ4n) is 3.62. The second kappa shape index (κ2) is 7.53. The van der Waals surface area contributed by atoms with E-state index in [2.05, 4.69) is 9.97 Å². The quantitative estimate of drug-likeness (QED) is 0.425. The Bertz CT molecular complexity index is 1520. The van der Waals surface area contributed by atoms with Crippen molar-refractivity contribution in [3.05, 3.63) is 106 Å². The minimum absolute atomic E-state index is 0.193. The first kappa shape index (κ1) is 18.7. The van der Waals surface area contributed by atoms with Gasteiger partial charge in [-0.15, -0.1) is 0 Å². The van der Waals surface area contributed by atoms with Gasteiger partial charge in [0.05, 0.1) is 41.1 Å². The van der Waals surface area contributed by atoms with Crippen LogP contribution in [-0.4, -0.2) is 26.2 Å². The van der Waals surface area contributed by atoms with Crippen LogP contribution in [-0.2, 0) is 6.54 Å². The minimum atomic E-state index is -0.233. The Balaban J connectivity index is 1.63. The van der Waals surface area contributed by atoms with Crippen LogP contribution in [0.5, 0.6) is 5.75 Å². The molecular weight excluding hydrogens is 392 g/mol. The lowest BCUT2D eigenvalue weighted by Gasteiger charge is -2.10. The number of aromatic nitrogens is 4. The highest BCUT2D eigenvalue weighted by Gasteiger charge is 2.11. The molecule has 0 aliphatic heterocycles. The number of hydrogen-bond acceptors (Lipinski definition) is 5. The highest BCUT2D eigenvalue weighted by molar-refractivity contribution is 5.91. The Morgan fingerprint density at radius 3 is 2.23 bits per heavy atom. The minimum Gasteiger partial charge on any atom is -0.497 e. The highest BCUT2D eigenvalue weighted by atomic mass is 16.5. The Kier molecular flexibility index (Phi) is 4.55. The van der Waals surface area contributed by atoms with Crippen molar-refractivity contribution in [1.29, 1.82) is 0 Å². The summed E-state index contributed by atoms with van der Waals surface area (Å²) in [5, 5.41) is 0.805. The molecule has 0 amide bonds. The maximum absolute atomic E-state index is 13.1. The number of pyridine rings is 4. The number of benzene rings is 1. The van der Waals surface area contributed by atoms with Crippen LogP contribution in [0.3, 0.4) is 0 Å². The molecule has 0 aliphatic rings. The summed E-state index contributed by atoms with van der Waals surface area (Å²) in [6.07, 6.45) is 6.67. The van der Waals surface area contributed by atoms with Gasteiger partial charge in [-0.3, -0.25) is 19.1 Å².